The van der Waals surface area contributed by atoms with Crippen molar-refractivity contribution in [2.24, 2.45) is 5.92 Å². The molecular formula is C12H14Br2N2O. The molecule has 0 aromatic heterocycles. The first-order chi connectivity index (χ1) is 8.06. The van der Waals surface area contributed by atoms with E-state index in [4.69, 9.17) is 0 Å². The highest BCUT2D eigenvalue weighted by atomic mass is 79.9. The van der Waals surface area contributed by atoms with Gasteiger partial charge in [-0.25, -0.2) is 0 Å². The van der Waals surface area contributed by atoms with Gasteiger partial charge in [-0.15, -0.1) is 0 Å². The third-order valence-corrected chi connectivity index (χ3v) is 4.04. The van der Waals surface area contributed by atoms with Crippen LogP contribution in [0.2, 0.25) is 0 Å². The summed E-state index contributed by atoms with van der Waals surface area (Å²) in [6, 6.07) is 3.98. The molecule has 0 atom stereocenters. The first kappa shape index (κ1) is 13.1. The van der Waals surface area contributed by atoms with Crippen molar-refractivity contribution in [3.8, 4) is 0 Å². The number of amides is 1. The Labute approximate surface area is 118 Å². The summed E-state index contributed by atoms with van der Waals surface area (Å²) in [6.07, 6.45) is 0.583. The second-order valence-corrected chi connectivity index (χ2v) is 6.09. The molecule has 3 nitrogen and oxygen atoms in total. The lowest BCUT2D eigenvalue weighted by Crippen LogP contribution is -2.43. The minimum absolute atomic E-state index is 0.0711. The topological polar surface area (TPSA) is 41.1 Å². The number of aryl methyl sites for hydroxylation is 1. The number of halogens is 2. The van der Waals surface area contributed by atoms with Gasteiger partial charge >= 0.3 is 0 Å². The molecule has 2 N–H and O–H groups in total. The summed E-state index contributed by atoms with van der Waals surface area (Å²) < 4.78 is 1.81. The molecule has 0 radical (unpaired) electrons. The third kappa shape index (κ3) is 3.30. The first-order valence-electron chi connectivity index (χ1n) is 5.52. The number of anilines is 1. The van der Waals surface area contributed by atoms with Crippen LogP contribution in [0, 0.1) is 12.8 Å². The fourth-order valence-electron chi connectivity index (χ4n) is 1.76. The Balaban J connectivity index is 2.04. The predicted octanol–water partition coefficient (Wildman–Crippen LogP) is 3.07. The minimum atomic E-state index is 0.0711. The van der Waals surface area contributed by atoms with Crippen LogP contribution in [0.25, 0.3) is 0 Å². The molecule has 1 heterocycles. The SMILES string of the molecule is Cc1cc(Br)c(NC(=O)CC2CNC2)c(Br)c1. The van der Waals surface area contributed by atoms with Crippen LogP contribution in [0.15, 0.2) is 21.1 Å². The van der Waals surface area contributed by atoms with Crippen LogP contribution in [0.1, 0.15) is 12.0 Å². The molecule has 0 unspecified atom stereocenters. The highest BCUT2D eigenvalue weighted by Crippen LogP contribution is 2.32. The van der Waals surface area contributed by atoms with Crippen molar-refractivity contribution in [1.29, 1.82) is 0 Å². The average Bonchev–Trinajstić information content (AvgIpc) is 2.17. The normalized spacial score (nSPS) is 15.5. The van der Waals surface area contributed by atoms with E-state index in [0.717, 1.165) is 33.3 Å². The number of hydrogen-bond donors (Lipinski definition) is 2. The number of carbonyl (C=O) groups excluding carboxylic acids is 1. The number of rotatable bonds is 3. The molecule has 0 saturated carbocycles. The summed E-state index contributed by atoms with van der Waals surface area (Å²) in [5, 5.41) is 6.11. The molecule has 17 heavy (non-hydrogen) atoms. The fourth-order valence-corrected chi connectivity index (χ4v) is 3.38. The molecule has 1 aromatic rings. The Morgan fingerprint density at radius 3 is 2.47 bits per heavy atom. The lowest BCUT2D eigenvalue weighted by atomic mass is 9.99. The van der Waals surface area contributed by atoms with Crippen molar-refractivity contribution in [2.75, 3.05) is 18.4 Å². The zero-order valence-corrected chi connectivity index (χ0v) is 12.7. The van der Waals surface area contributed by atoms with E-state index in [1.165, 1.54) is 0 Å². The van der Waals surface area contributed by atoms with Gasteiger partial charge in [-0.05, 0) is 75.5 Å². The zero-order valence-electron chi connectivity index (χ0n) is 9.52. The van der Waals surface area contributed by atoms with E-state index in [9.17, 15) is 4.79 Å². The van der Waals surface area contributed by atoms with Gasteiger partial charge < -0.3 is 10.6 Å². The quantitative estimate of drug-likeness (QED) is 0.868. The molecule has 1 amide bonds. The van der Waals surface area contributed by atoms with E-state index >= 15 is 0 Å². The molecule has 1 aliphatic heterocycles. The first-order valence-corrected chi connectivity index (χ1v) is 7.11. The zero-order chi connectivity index (χ0) is 12.4. The van der Waals surface area contributed by atoms with Gasteiger partial charge in [0.05, 0.1) is 5.69 Å². The van der Waals surface area contributed by atoms with E-state index in [1.807, 2.05) is 19.1 Å². The van der Waals surface area contributed by atoms with Crippen molar-refractivity contribution in [3.63, 3.8) is 0 Å². The molecular weight excluding hydrogens is 348 g/mol. The summed E-state index contributed by atoms with van der Waals surface area (Å²) in [4.78, 5) is 11.8. The smallest absolute Gasteiger partial charge is 0.224 e. The Morgan fingerprint density at radius 1 is 1.41 bits per heavy atom. The van der Waals surface area contributed by atoms with E-state index in [1.54, 1.807) is 0 Å². The average molecular weight is 362 g/mol. The molecule has 92 valence electrons. The van der Waals surface area contributed by atoms with Gasteiger partial charge in [0.25, 0.3) is 0 Å². The standard InChI is InChI=1S/C12H14Br2N2O/c1-7-2-9(13)12(10(14)3-7)16-11(17)4-8-5-15-6-8/h2-3,8,15H,4-6H2,1H3,(H,16,17). The van der Waals surface area contributed by atoms with Crippen LogP contribution < -0.4 is 10.6 Å². The third-order valence-electron chi connectivity index (χ3n) is 2.79. The maximum atomic E-state index is 11.8. The van der Waals surface area contributed by atoms with Gasteiger partial charge in [0, 0.05) is 15.4 Å². The van der Waals surface area contributed by atoms with Gasteiger partial charge in [-0.1, -0.05) is 0 Å². The summed E-state index contributed by atoms with van der Waals surface area (Å²) in [5.41, 5.74) is 1.96. The maximum Gasteiger partial charge on any atom is 0.224 e. The predicted molar refractivity (Wildman–Crippen MR) is 76.2 cm³/mol. The van der Waals surface area contributed by atoms with Gasteiger partial charge in [0.15, 0.2) is 0 Å². The van der Waals surface area contributed by atoms with Gasteiger partial charge in [-0.3, -0.25) is 4.79 Å². The van der Waals surface area contributed by atoms with Crippen LogP contribution >= 0.6 is 31.9 Å². The van der Waals surface area contributed by atoms with Crippen LogP contribution in [-0.4, -0.2) is 19.0 Å². The second kappa shape index (κ2) is 5.50. The maximum absolute atomic E-state index is 11.8. The molecule has 0 aliphatic carbocycles. The number of hydrogen-bond acceptors (Lipinski definition) is 2. The highest BCUT2D eigenvalue weighted by Gasteiger charge is 2.20. The molecule has 1 aromatic carbocycles. The summed E-state index contributed by atoms with van der Waals surface area (Å²) in [5.74, 6) is 0.555. The summed E-state index contributed by atoms with van der Waals surface area (Å²) >= 11 is 6.93. The van der Waals surface area contributed by atoms with E-state index in [0.29, 0.717) is 12.3 Å². The van der Waals surface area contributed by atoms with Crippen molar-refractivity contribution >= 4 is 43.5 Å². The van der Waals surface area contributed by atoms with Gasteiger partial charge in [0.2, 0.25) is 5.91 Å². The van der Waals surface area contributed by atoms with E-state index in [-0.39, 0.29) is 5.91 Å². The summed E-state index contributed by atoms with van der Waals surface area (Å²) in [7, 11) is 0. The molecule has 0 spiro atoms. The van der Waals surface area contributed by atoms with Gasteiger partial charge in [0.1, 0.15) is 0 Å². The van der Waals surface area contributed by atoms with E-state index in [2.05, 4.69) is 42.5 Å². The lowest BCUT2D eigenvalue weighted by Gasteiger charge is -2.26. The van der Waals surface area contributed by atoms with Crippen molar-refractivity contribution in [1.82, 2.24) is 5.32 Å². The monoisotopic (exact) mass is 360 g/mol. The van der Waals surface area contributed by atoms with Crippen molar-refractivity contribution in [3.05, 3.63) is 26.6 Å². The molecule has 2 rings (SSSR count). The number of nitrogens with one attached hydrogen (secondary N) is 2. The lowest BCUT2D eigenvalue weighted by molar-refractivity contribution is -0.117. The Bertz CT molecular complexity index is 421. The van der Waals surface area contributed by atoms with Crippen LogP contribution in [0.5, 0.6) is 0 Å². The van der Waals surface area contributed by atoms with Gasteiger partial charge in [-0.2, -0.15) is 0 Å². The minimum Gasteiger partial charge on any atom is -0.324 e. The van der Waals surface area contributed by atoms with Crippen molar-refractivity contribution in [2.45, 2.75) is 13.3 Å². The van der Waals surface area contributed by atoms with Crippen LogP contribution in [0.3, 0.4) is 0 Å². The molecule has 1 aliphatic rings. The summed E-state index contributed by atoms with van der Waals surface area (Å²) in [6.45, 7) is 3.91. The Morgan fingerprint density at radius 2 is 2.00 bits per heavy atom. The van der Waals surface area contributed by atoms with Crippen LogP contribution in [-0.2, 0) is 4.79 Å². The fraction of sp³-hybridized carbons (Fsp3) is 0.417. The second-order valence-electron chi connectivity index (χ2n) is 4.38. The largest absolute Gasteiger partial charge is 0.324 e. The van der Waals surface area contributed by atoms with E-state index < -0.39 is 0 Å². The molecule has 1 saturated heterocycles. The number of carbonyl (C=O) groups is 1. The van der Waals surface area contributed by atoms with Crippen molar-refractivity contribution < 1.29 is 4.79 Å². The van der Waals surface area contributed by atoms with Crippen LogP contribution in [0.4, 0.5) is 5.69 Å². The molecule has 1 fully saturated rings. The Hall–Kier alpha value is -0.390. The Kier molecular flexibility index (Phi) is 4.22. The highest BCUT2D eigenvalue weighted by molar-refractivity contribution is 9.11. The molecule has 0 bridgehead atoms. The molecule has 5 heteroatoms. The number of benzene rings is 1.